The van der Waals surface area contributed by atoms with Gasteiger partial charge >= 0.3 is 0 Å². The molecule has 3 heteroatoms. The number of rotatable bonds is 1. The van der Waals surface area contributed by atoms with E-state index in [1.807, 2.05) is 18.2 Å². The zero-order valence-electron chi connectivity index (χ0n) is 6.87. The van der Waals surface area contributed by atoms with E-state index in [1.54, 1.807) is 6.20 Å². The molecule has 0 saturated carbocycles. The second-order valence-electron chi connectivity index (χ2n) is 2.83. The molecule has 0 aliphatic rings. The first-order valence-corrected chi connectivity index (χ1v) is 5.02. The second-order valence-corrected chi connectivity index (χ2v) is 4.07. The number of hydrogen-bond donors (Lipinski definition) is 1. The molecule has 2 aromatic rings. The van der Waals surface area contributed by atoms with Crippen LogP contribution in [-0.4, -0.2) is 10.1 Å². The number of hydrogen-bond acceptors (Lipinski definition) is 2. The van der Waals surface area contributed by atoms with Crippen molar-refractivity contribution in [2.45, 2.75) is 6.61 Å². The molecule has 1 N–H and O–H groups in total. The third-order valence-electron chi connectivity index (χ3n) is 1.90. The molecule has 0 aliphatic heterocycles. The monoisotopic (exact) mass is 285 g/mol. The molecule has 1 aromatic heterocycles. The molecule has 1 heterocycles. The van der Waals surface area contributed by atoms with Gasteiger partial charge in [-0.05, 0) is 46.2 Å². The van der Waals surface area contributed by atoms with Crippen molar-refractivity contribution in [3.05, 3.63) is 39.7 Å². The number of aromatic nitrogens is 1. The number of fused-ring (bicyclic) bond motifs is 1. The van der Waals surface area contributed by atoms with Crippen molar-refractivity contribution in [1.82, 2.24) is 4.98 Å². The number of halogens is 1. The van der Waals surface area contributed by atoms with Crippen LogP contribution >= 0.6 is 22.6 Å². The van der Waals surface area contributed by atoms with Gasteiger partial charge in [0.2, 0.25) is 0 Å². The highest BCUT2D eigenvalue weighted by Gasteiger charge is 1.97. The van der Waals surface area contributed by atoms with Gasteiger partial charge < -0.3 is 5.11 Å². The minimum absolute atomic E-state index is 0.00140. The summed E-state index contributed by atoms with van der Waals surface area (Å²) in [5.41, 5.74) is 0.717. The number of pyridine rings is 1. The summed E-state index contributed by atoms with van der Waals surface area (Å²) in [6.07, 6.45) is 1.79. The number of aliphatic hydroxyl groups is 1. The van der Waals surface area contributed by atoms with Crippen LogP contribution in [0.4, 0.5) is 0 Å². The molecule has 2 rings (SSSR count). The Labute approximate surface area is 89.8 Å². The number of aliphatic hydroxyl groups excluding tert-OH is 1. The maximum absolute atomic E-state index is 8.90. The van der Waals surface area contributed by atoms with Gasteiger partial charge in [0, 0.05) is 15.2 Å². The molecule has 0 saturated heterocycles. The second kappa shape index (κ2) is 3.59. The molecule has 13 heavy (non-hydrogen) atoms. The fraction of sp³-hybridized carbons (Fsp3) is 0.100. The normalized spacial score (nSPS) is 10.6. The molecule has 0 radical (unpaired) electrons. The first kappa shape index (κ1) is 8.90. The molecule has 2 nitrogen and oxygen atoms in total. The predicted molar refractivity (Wildman–Crippen MR) is 60.4 cm³/mol. The summed E-state index contributed by atoms with van der Waals surface area (Å²) in [5, 5.41) is 11.1. The third kappa shape index (κ3) is 1.81. The molecule has 0 amide bonds. The van der Waals surface area contributed by atoms with Gasteiger partial charge in [-0.3, -0.25) is 4.98 Å². The average Bonchev–Trinajstić information content (AvgIpc) is 2.16. The fourth-order valence-electron chi connectivity index (χ4n) is 1.24. The van der Waals surface area contributed by atoms with E-state index >= 15 is 0 Å². The van der Waals surface area contributed by atoms with Crippen molar-refractivity contribution < 1.29 is 5.11 Å². The van der Waals surface area contributed by atoms with Crippen LogP contribution in [0.15, 0.2) is 30.5 Å². The van der Waals surface area contributed by atoms with Crippen LogP contribution in [0, 0.1) is 3.57 Å². The third-order valence-corrected chi connectivity index (χ3v) is 2.57. The van der Waals surface area contributed by atoms with Crippen molar-refractivity contribution in [2.75, 3.05) is 0 Å². The van der Waals surface area contributed by atoms with Crippen LogP contribution in [0.2, 0.25) is 0 Å². The molecule has 1 aromatic carbocycles. The maximum atomic E-state index is 8.90. The van der Waals surface area contributed by atoms with Gasteiger partial charge in [0.05, 0.1) is 12.3 Å². The Kier molecular flexibility index (Phi) is 2.46. The minimum atomic E-state index is 0.00140. The summed E-state index contributed by atoms with van der Waals surface area (Å²) < 4.78 is 1.19. The fourth-order valence-corrected chi connectivity index (χ4v) is 1.76. The minimum Gasteiger partial charge on any atom is -0.390 e. The SMILES string of the molecule is OCc1cc2cc(I)ccc2cn1. The van der Waals surface area contributed by atoms with E-state index in [0.717, 1.165) is 16.5 Å². The molecule has 0 aliphatic carbocycles. The Hall–Kier alpha value is -0.680. The quantitative estimate of drug-likeness (QED) is 0.816. The summed E-state index contributed by atoms with van der Waals surface area (Å²) in [6, 6.07) is 8.07. The summed E-state index contributed by atoms with van der Waals surface area (Å²) >= 11 is 2.27. The Balaban J connectivity index is 2.68. The van der Waals surface area contributed by atoms with E-state index in [-0.39, 0.29) is 6.61 Å². The highest BCUT2D eigenvalue weighted by atomic mass is 127. The summed E-state index contributed by atoms with van der Waals surface area (Å²) in [5.74, 6) is 0. The van der Waals surface area contributed by atoms with E-state index in [4.69, 9.17) is 5.11 Å². The first-order chi connectivity index (χ1) is 6.29. The lowest BCUT2D eigenvalue weighted by Gasteiger charge is -2.00. The van der Waals surface area contributed by atoms with E-state index in [1.165, 1.54) is 3.57 Å². The molecule has 0 atom stereocenters. The van der Waals surface area contributed by atoms with Crippen LogP contribution in [0.1, 0.15) is 5.69 Å². The first-order valence-electron chi connectivity index (χ1n) is 3.94. The molecule has 0 unspecified atom stereocenters. The van der Waals surface area contributed by atoms with E-state index < -0.39 is 0 Å². The van der Waals surface area contributed by atoms with Gasteiger partial charge in [-0.1, -0.05) is 6.07 Å². The highest BCUT2D eigenvalue weighted by Crippen LogP contribution is 2.17. The number of nitrogens with zero attached hydrogens (tertiary/aromatic N) is 1. The Bertz CT molecular complexity index is 442. The average molecular weight is 285 g/mol. The molecule has 66 valence electrons. The lowest BCUT2D eigenvalue weighted by atomic mass is 10.1. The zero-order valence-corrected chi connectivity index (χ0v) is 9.02. The Morgan fingerprint density at radius 2 is 2.08 bits per heavy atom. The summed E-state index contributed by atoms with van der Waals surface area (Å²) in [4.78, 5) is 4.10. The Morgan fingerprint density at radius 1 is 1.23 bits per heavy atom. The van der Waals surface area contributed by atoms with E-state index in [0.29, 0.717) is 0 Å². The highest BCUT2D eigenvalue weighted by molar-refractivity contribution is 14.1. The smallest absolute Gasteiger partial charge is 0.0853 e. The van der Waals surface area contributed by atoms with Crippen LogP contribution in [0.5, 0.6) is 0 Å². The molecular formula is C10H8INO. The van der Waals surface area contributed by atoms with Crippen molar-refractivity contribution in [3.8, 4) is 0 Å². The number of benzene rings is 1. The lowest BCUT2D eigenvalue weighted by Crippen LogP contribution is -1.88. The van der Waals surface area contributed by atoms with Gasteiger partial charge in [0.1, 0.15) is 0 Å². The van der Waals surface area contributed by atoms with Gasteiger partial charge in [0.25, 0.3) is 0 Å². The van der Waals surface area contributed by atoms with Crippen molar-refractivity contribution in [1.29, 1.82) is 0 Å². The molecule has 0 fully saturated rings. The van der Waals surface area contributed by atoms with Gasteiger partial charge in [-0.25, -0.2) is 0 Å². The molecule has 0 bridgehead atoms. The van der Waals surface area contributed by atoms with Crippen LogP contribution in [-0.2, 0) is 6.61 Å². The Morgan fingerprint density at radius 3 is 2.85 bits per heavy atom. The van der Waals surface area contributed by atoms with Crippen molar-refractivity contribution in [3.63, 3.8) is 0 Å². The van der Waals surface area contributed by atoms with Crippen molar-refractivity contribution in [2.24, 2.45) is 0 Å². The van der Waals surface area contributed by atoms with Crippen LogP contribution in [0.3, 0.4) is 0 Å². The topological polar surface area (TPSA) is 33.1 Å². The van der Waals surface area contributed by atoms with Gasteiger partial charge in [-0.15, -0.1) is 0 Å². The molecular weight excluding hydrogens is 277 g/mol. The van der Waals surface area contributed by atoms with Gasteiger partial charge in [0.15, 0.2) is 0 Å². The summed E-state index contributed by atoms with van der Waals surface area (Å²) in [6.45, 7) is 0.00140. The van der Waals surface area contributed by atoms with Gasteiger partial charge in [-0.2, -0.15) is 0 Å². The van der Waals surface area contributed by atoms with Crippen LogP contribution in [0.25, 0.3) is 10.8 Å². The van der Waals surface area contributed by atoms with E-state index in [9.17, 15) is 0 Å². The summed E-state index contributed by atoms with van der Waals surface area (Å²) in [7, 11) is 0. The van der Waals surface area contributed by atoms with E-state index in [2.05, 4.69) is 33.6 Å². The maximum Gasteiger partial charge on any atom is 0.0853 e. The zero-order chi connectivity index (χ0) is 9.26. The van der Waals surface area contributed by atoms with Crippen LogP contribution < -0.4 is 0 Å². The standard InChI is InChI=1S/C10H8INO/c11-9-2-1-7-5-12-10(6-13)4-8(7)3-9/h1-5,13H,6H2. The predicted octanol–water partition coefficient (Wildman–Crippen LogP) is 2.33. The molecule has 0 spiro atoms. The largest absolute Gasteiger partial charge is 0.390 e. The van der Waals surface area contributed by atoms with Crippen molar-refractivity contribution >= 4 is 33.4 Å². The lowest BCUT2D eigenvalue weighted by molar-refractivity contribution is 0.277.